The molecular weight excluding hydrogens is 176 g/mol. The molecule has 0 fully saturated rings. The van der Waals surface area contributed by atoms with Crippen molar-refractivity contribution in [3.63, 3.8) is 0 Å². The number of aliphatic carboxylic acids is 1. The van der Waals surface area contributed by atoms with E-state index in [-0.39, 0.29) is 12.3 Å². The Morgan fingerprint density at radius 3 is 1.92 bits per heavy atom. The number of carboxylic acids is 1. The van der Waals surface area contributed by atoms with Gasteiger partial charge in [-0.1, -0.05) is 20.8 Å². The Morgan fingerprint density at radius 2 is 1.85 bits per heavy atom. The zero-order valence-corrected chi connectivity index (χ0v) is 8.07. The van der Waals surface area contributed by atoms with Gasteiger partial charge in [0.1, 0.15) is 0 Å². The molecule has 0 aliphatic carbocycles. The number of rotatable bonds is 3. The minimum Gasteiger partial charge on any atom is -0.550 e. The van der Waals surface area contributed by atoms with Gasteiger partial charge in [-0.15, -0.1) is 0 Å². The molecule has 13 heavy (non-hydrogen) atoms. The number of carbonyl (C=O) groups excluding carboxylic acids is 2. The molecule has 0 spiro atoms. The zero-order valence-electron chi connectivity index (χ0n) is 8.07. The number of carboxylic acid groups (broad SMARTS) is 1. The van der Waals surface area contributed by atoms with Crippen molar-refractivity contribution in [2.75, 3.05) is 0 Å². The molecule has 0 aromatic rings. The molecule has 5 nitrogen and oxygen atoms in total. The van der Waals surface area contributed by atoms with Gasteiger partial charge in [0.25, 0.3) is 0 Å². The molecule has 5 heteroatoms. The van der Waals surface area contributed by atoms with Crippen LogP contribution in [0, 0.1) is 5.92 Å². The molecule has 0 amide bonds. The van der Waals surface area contributed by atoms with E-state index in [1.165, 1.54) is 6.92 Å². The van der Waals surface area contributed by atoms with Gasteiger partial charge in [0, 0.05) is 5.97 Å². The summed E-state index contributed by atoms with van der Waals surface area (Å²) in [5, 5.41) is 17.0. The summed E-state index contributed by atoms with van der Waals surface area (Å²) in [5.74, 6) is -1.75. The molecule has 0 aromatic heterocycles. The summed E-state index contributed by atoms with van der Waals surface area (Å²) in [6, 6.07) is 0. The van der Waals surface area contributed by atoms with E-state index < -0.39 is 11.9 Å². The highest BCUT2D eigenvalue weighted by molar-refractivity contribution is 5.71. The van der Waals surface area contributed by atoms with Crippen molar-refractivity contribution in [3.05, 3.63) is 0 Å². The van der Waals surface area contributed by atoms with Crippen molar-refractivity contribution in [1.82, 2.24) is 0 Å². The molecule has 0 heterocycles. The third-order valence-electron chi connectivity index (χ3n) is 1.39. The molecule has 0 saturated heterocycles. The maximum atomic E-state index is 10.3. The van der Waals surface area contributed by atoms with Crippen molar-refractivity contribution in [3.8, 4) is 0 Å². The average Bonchev–Trinajstić information content (AvgIpc) is 2.16. The van der Waals surface area contributed by atoms with Crippen LogP contribution < -0.4 is 5.11 Å². The SMILES string of the molecule is CCC(=O)[O-].CCC(C)C(=O)OO. The second-order valence-electron chi connectivity index (χ2n) is 2.45. The molecule has 1 unspecified atom stereocenters. The van der Waals surface area contributed by atoms with Gasteiger partial charge in [-0.2, -0.15) is 5.26 Å². The molecule has 78 valence electrons. The fourth-order valence-corrected chi connectivity index (χ4v) is 0.257. The first-order chi connectivity index (χ1) is 5.99. The smallest absolute Gasteiger partial charge is 0.344 e. The topological polar surface area (TPSA) is 86.7 Å². The second kappa shape index (κ2) is 8.99. The third kappa shape index (κ3) is 10.9. The molecule has 0 aromatic carbocycles. The van der Waals surface area contributed by atoms with Gasteiger partial charge in [-0.25, -0.2) is 4.79 Å². The predicted octanol–water partition coefficient (Wildman–Crippen LogP) is 0.195. The van der Waals surface area contributed by atoms with Crippen LogP contribution in [0.3, 0.4) is 0 Å². The lowest BCUT2D eigenvalue weighted by Gasteiger charge is -2.00. The minimum absolute atomic E-state index is 0.111. The Hall–Kier alpha value is -1.10. The van der Waals surface area contributed by atoms with Crippen molar-refractivity contribution in [1.29, 1.82) is 0 Å². The zero-order chi connectivity index (χ0) is 10.9. The van der Waals surface area contributed by atoms with E-state index >= 15 is 0 Å². The third-order valence-corrected chi connectivity index (χ3v) is 1.39. The van der Waals surface area contributed by atoms with E-state index in [2.05, 4.69) is 4.89 Å². The molecule has 0 aliphatic heterocycles. The summed E-state index contributed by atoms with van der Waals surface area (Å²) in [4.78, 5) is 23.0. The van der Waals surface area contributed by atoms with Gasteiger partial charge in [0.15, 0.2) is 0 Å². The molecule has 0 rings (SSSR count). The highest BCUT2D eigenvalue weighted by atomic mass is 17.1. The van der Waals surface area contributed by atoms with Gasteiger partial charge in [0.2, 0.25) is 0 Å². The Bertz CT molecular complexity index is 155. The summed E-state index contributed by atoms with van der Waals surface area (Å²) in [6.45, 7) is 5.08. The normalized spacial score (nSPS) is 10.8. The molecule has 0 bridgehead atoms. The van der Waals surface area contributed by atoms with Gasteiger partial charge in [-0.05, 0) is 12.8 Å². The molecular formula is C8H15O5-. The largest absolute Gasteiger partial charge is 0.550 e. The van der Waals surface area contributed by atoms with Crippen LogP contribution in [0.1, 0.15) is 33.6 Å². The first-order valence-electron chi connectivity index (χ1n) is 4.04. The van der Waals surface area contributed by atoms with E-state index in [9.17, 15) is 14.7 Å². The van der Waals surface area contributed by atoms with Crippen molar-refractivity contribution < 1.29 is 24.8 Å². The average molecular weight is 191 g/mol. The van der Waals surface area contributed by atoms with Crippen LogP contribution in [-0.4, -0.2) is 17.2 Å². The lowest BCUT2D eigenvalue weighted by atomic mass is 10.1. The molecule has 0 aliphatic rings. The van der Waals surface area contributed by atoms with Crippen LogP contribution in [0.5, 0.6) is 0 Å². The standard InChI is InChI=1S/C5H10O3.C3H6O2/c1-3-4(2)5(6)8-7;1-2-3(4)5/h4,7H,3H2,1-2H3;2H2,1H3,(H,4,5)/p-1. The summed E-state index contributed by atoms with van der Waals surface area (Å²) in [7, 11) is 0. The highest BCUT2D eigenvalue weighted by Gasteiger charge is 2.10. The van der Waals surface area contributed by atoms with E-state index in [0.717, 1.165) is 0 Å². The lowest BCUT2D eigenvalue weighted by Crippen LogP contribution is -2.19. The summed E-state index contributed by atoms with van der Waals surface area (Å²) in [5.41, 5.74) is 0. The number of hydrogen-bond donors (Lipinski definition) is 1. The van der Waals surface area contributed by atoms with Crippen LogP contribution in [0.25, 0.3) is 0 Å². The summed E-state index contributed by atoms with van der Waals surface area (Å²) >= 11 is 0. The first-order valence-corrected chi connectivity index (χ1v) is 4.04. The monoisotopic (exact) mass is 191 g/mol. The fourth-order valence-electron chi connectivity index (χ4n) is 0.257. The Balaban J connectivity index is 0. The summed E-state index contributed by atoms with van der Waals surface area (Å²) in [6.07, 6.45) is 0.805. The van der Waals surface area contributed by atoms with Crippen LogP contribution >= 0.6 is 0 Å². The van der Waals surface area contributed by atoms with Crippen LogP contribution in [0.2, 0.25) is 0 Å². The molecule has 1 N–H and O–H groups in total. The van der Waals surface area contributed by atoms with Gasteiger partial charge in [0.05, 0.1) is 5.92 Å². The van der Waals surface area contributed by atoms with Crippen molar-refractivity contribution in [2.45, 2.75) is 33.6 Å². The number of carbonyl (C=O) groups is 2. The van der Waals surface area contributed by atoms with E-state index in [1.807, 2.05) is 6.92 Å². The molecule has 0 radical (unpaired) electrons. The summed E-state index contributed by atoms with van der Waals surface area (Å²) < 4.78 is 0. The number of hydrogen-bond acceptors (Lipinski definition) is 5. The molecule has 0 saturated carbocycles. The maximum absolute atomic E-state index is 10.3. The Morgan fingerprint density at radius 1 is 1.46 bits per heavy atom. The fraction of sp³-hybridized carbons (Fsp3) is 0.750. The van der Waals surface area contributed by atoms with E-state index in [4.69, 9.17) is 5.26 Å². The minimum atomic E-state index is -0.995. The van der Waals surface area contributed by atoms with Crippen molar-refractivity contribution >= 4 is 11.9 Å². The van der Waals surface area contributed by atoms with Gasteiger partial charge < -0.3 is 14.8 Å². The van der Waals surface area contributed by atoms with Crippen LogP contribution in [-0.2, 0) is 14.5 Å². The van der Waals surface area contributed by atoms with E-state index in [1.54, 1.807) is 6.92 Å². The quantitative estimate of drug-likeness (QED) is 0.508. The second-order valence-corrected chi connectivity index (χ2v) is 2.45. The van der Waals surface area contributed by atoms with Crippen molar-refractivity contribution in [2.24, 2.45) is 5.92 Å². The first kappa shape index (κ1) is 14.4. The molecule has 1 atom stereocenters. The van der Waals surface area contributed by atoms with Crippen LogP contribution in [0.15, 0.2) is 0 Å². The van der Waals surface area contributed by atoms with Gasteiger partial charge >= 0.3 is 5.97 Å². The lowest BCUT2D eigenvalue weighted by molar-refractivity contribution is -0.305. The Kier molecular flexibility index (Phi) is 9.98. The van der Waals surface area contributed by atoms with E-state index in [0.29, 0.717) is 6.42 Å². The Labute approximate surface area is 77.3 Å². The van der Waals surface area contributed by atoms with Crippen LogP contribution in [0.4, 0.5) is 0 Å². The predicted molar refractivity (Wildman–Crippen MR) is 43.5 cm³/mol. The maximum Gasteiger partial charge on any atom is 0.344 e. The highest BCUT2D eigenvalue weighted by Crippen LogP contribution is 2.00. The van der Waals surface area contributed by atoms with Gasteiger partial charge in [-0.3, -0.25) is 0 Å².